The lowest BCUT2D eigenvalue weighted by molar-refractivity contribution is -0.199. The Hall–Kier alpha value is -2.06. The first-order valence-electron chi connectivity index (χ1n) is 13.8. The molecule has 3 aliphatic carbocycles. The molecule has 5 fully saturated rings. The number of hydrogen-bond donors (Lipinski definition) is 0. The third-order valence-electron chi connectivity index (χ3n) is 9.38. The third kappa shape index (κ3) is 4.69. The van der Waals surface area contributed by atoms with Gasteiger partial charge in [0.2, 0.25) is 5.91 Å². The molecular weight excluding hydrogens is 469 g/mol. The minimum Gasteiger partial charge on any atom is -0.486 e. The second kappa shape index (κ2) is 9.01. The standard InChI is InChI=1S/C29H42BNO6/c1-17-19(11-12-30-36-24-14-20-13-23(28(20,6)7)29(24,8)37-30)9-10-22(25(17)26(33)35-27(3,4)5)34-21-15-31(16-21)18(2)32/h9-10,20-21,23-24H,11-16H2,1-8H3/t20-,23-,24+,29-/m0/s1. The van der Waals surface area contributed by atoms with Gasteiger partial charge in [-0.1, -0.05) is 19.9 Å². The third-order valence-corrected chi connectivity index (χ3v) is 9.38. The van der Waals surface area contributed by atoms with Crippen molar-refractivity contribution in [1.29, 1.82) is 0 Å². The van der Waals surface area contributed by atoms with Crippen LogP contribution in [0.3, 0.4) is 0 Å². The van der Waals surface area contributed by atoms with E-state index in [4.69, 9.17) is 18.8 Å². The van der Waals surface area contributed by atoms with E-state index >= 15 is 0 Å². The average Bonchev–Trinajstić information content (AvgIpc) is 3.09. The predicted octanol–water partition coefficient (Wildman–Crippen LogP) is 4.83. The van der Waals surface area contributed by atoms with Gasteiger partial charge >= 0.3 is 13.1 Å². The molecule has 2 saturated heterocycles. The highest BCUT2D eigenvalue weighted by Crippen LogP contribution is 2.65. The van der Waals surface area contributed by atoms with Gasteiger partial charge in [0.05, 0.1) is 24.8 Å². The summed E-state index contributed by atoms with van der Waals surface area (Å²) < 4.78 is 25.0. The molecule has 3 saturated carbocycles. The molecule has 1 aromatic carbocycles. The number of rotatable bonds is 6. The van der Waals surface area contributed by atoms with Gasteiger partial charge in [0.15, 0.2) is 0 Å². The first-order chi connectivity index (χ1) is 17.2. The summed E-state index contributed by atoms with van der Waals surface area (Å²) in [5.41, 5.74) is 1.87. The number of carbonyl (C=O) groups is 2. The van der Waals surface area contributed by atoms with E-state index in [1.165, 1.54) is 6.42 Å². The number of hydrogen-bond acceptors (Lipinski definition) is 6. The fourth-order valence-corrected chi connectivity index (χ4v) is 6.98. The summed E-state index contributed by atoms with van der Waals surface area (Å²) in [5.74, 6) is 1.42. The van der Waals surface area contributed by atoms with Crippen LogP contribution in [0.2, 0.25) is 6.32 Å². The summed E-state index contributed by atoms with van der Waals surface area (Å²) in [5, 5.41) is 0. The smallest absolute Gasteiger partial charge is 0.457 e. The van der Waals surface area contributed by atoms with Crippen molar-refractivity contribution in [2.75, 3.05) is 13.1 Å². The van der Waals surface area contributed by atoms with E-state index < -0.39 is 11.6 Å². The van der Waals surface area contributed by atoms with Crippen LogP contribution in [-0.2, 0) is 25.3 Å². The highest BCUT2D eigenvalue weighted by molar-refractivity contribution is 6.45. The van der Waals surface area contributed by atoms with Crippen LogP contribution in [0.5, 0.6) is 5.75 Å². The number of esters is 1. The maximum absolute atomic E-state index is 13.3. The molecule has 0 aromatic heterocycles. The van der Waals surface area contributed by atoms with E-state index in [1.807, 2.05) is 39.8 Å². The van der Waals surface area contributed by atoms with Gasteiger partial charge in [-0.05, 0) is 94.6 Å². The lowest BCUT2D eigenvalue weighted by Crippen LogP contribution is -2.65. The Morgan fingerprint density at radius 3 is 2.49 bits per heavy atom. The Bertz CT molecular complexity index is 1090. The summed E-state index contributed by atoms with van der Waals surface area (Å²) in [6, 6.07) is 3.90. The summed E-state index contributed by atoms with van der Waals surface area (Å²) in [7, 11) is -0.238. The van der Waals surface area contributed by atoms with E-state index in [9.17, 15) is 9.59 Å². The maximum atomic E-state index is 13.3. The molecule has 2 bridgehead atoms. The number of aryl methyl sites for hydroxylation is 1. The zero-order chi connectivity index (χ0) is 26.9. The van der Waals surface area contributed by atoms with Crippen molar-refractivity contribution in [3.63, 3.8) is 0 Å². The molecule has 7 nitrogen and oxygen atoms in total. The van der Waals surface area contributed by atoms with Crippen molar-refractivity contribution in [2.45, 2.75) is 104 Å². The molecule has 5 aliphatic rings. The van der Waals surface area contributed by atoms with Crippen LogP contribution in [0.25, 0.3) is 0 Å². The highest BCUT2D eigenvalue weighted by atomic mass is 16.7. The molecule has 202 valence electrons. The number of benzene rings is 1. The zero-order valence-electron chi connectivity index (χ0n) is 23.7. The summed E-state index contributed by atoms with van der Waals surface area (Å²) >= 11 is 0. The Morgan fingerprint density at radius 1 is 1.16 bits per heavy atom. The Balaban J connectivity index is 1.30. The molecule has 1 amide bonds. The molecule has 2 aliphatic heterocycles. The fourth-order valence-electron chi connectivity index (χ4n) is 6.98. The first-order valence-corrected chi connectivity index (χ1v) is 13.8. The maximum Gasteiger partial charge on any atom is 0.457 e. The van der Waals surface area contributed by atoms with Crippen LogP contribution < -0.4 is 4.74 Å². The molecule has 8 heteroatoms. The molecule has 2 heterocycles. The molecule has 6 rings (SSSR count). The quantitative estimate of drug-likeness (QED) is 0.403. The van der Waals surface area contributed by atoms with E-state index in [1.54, 1.807) is 11.8 Å². The van der Waals surface area contributed by atoms with Gasteiger partial charge in [-0.3, -0.25) is 4.79 Å². The summed E-state index contributed by atoms with van der Waals surface area (Å²) in [4.78, 5) is 26.6. The number of amides is 1. The molecule has 0 spiro atoms. The Kier molecular flexibility index (Phi) is 6.47. The molecule has 0 radical (unpaired) electrons. The number of likely N-dealkylation sites (tertiary alicyclic amines) is 1. The topological polar surface area (TPSA) is 74.3 Å². The fraction of sp³-hybridized carbons (Fsp3) is 0.724. The summed E-state index contributed by atoms with van der Waals surface area (Å²) in [6.07, 6.45) is 3.81. The van der Waals surface area contributed by atoms with E-state index in [0.717, 1.165) is 36.2 Å². The molecule has 4 atom stereocenters. The van der Waals surface area contributed by atoms with Crippen LogP contribution in [-0.4, -0.2) is 60.4 Å². The van der Waals surface area contributed by atoms with Crippen LogP contribution in [0.15, 0.2) is 12.1 Å². The van der Waals surface area contributed by atoms with E-state index in [-0.39, 0.29) is 30.8 Å². The number of nitrogens with zero attached hydrogens (tertiary/aromatic N) is 1. The second-order valence-electron chi connectivity index (χ2n) is 13.3. The van der Waals surface area contributed by atoms with Crippen LogP contribution in [0.4, 0.5) is 0 Å². The zero-order valence-corrected chi connectivity index (χ0v) is 23.7. The van der Waals surface area contributed by atoms with E-state index in [0.29, 0.717) is 35.7 Å². The predicted molar refractivity (Wildman–Crippen MR) is 142 cm³/mol. The molecule has 0 N–H and O–H groups in total. The normalized spacial score (nSPS) is 30.3. The van der Waals surface area contributed by atoms with Gasteiger partial charge < -0.3 is 23.7 Å². The van der Waals surface area contributed by atoms with Crippen molar-refractivity contribution in [1.82, 2.24) is 4.90 Å². The van der Waals surface area contributed by atoms with Crippen molar-refractivity contribution in [3.8, 4) is 5.75 Å². The number of carbonyl (C=O) groups excluding carboxylic acids is 2. The lowest BCUT2D eigenvalue weighted by atomic mass is 9.43. The SMILES string of the molecule is CC(=O)N1CC(Oc2ccc(CCB3O[C@@H]4C[C@@H]5C[C@@H](C5(C)C)[C@]4(C)O3)c(C)c2C(=O)OC(C)(C)C)C1. The average molecular weight is 511 g/mol. The van der Waals surface area contributed by atoms with Crippen molar-refractivity contribution < 1.29 is 28.4 Å². The first kappa shape index (κ1) is 26.5. The van der Waals surface area contributed by atoms with Crippen LogP contribution in [0, 0.1) is 24.2 Å². The van der Waals surface area contributed by atoms with Crippen LogP contribution >= 0.6 is 0 Å². The molecular formula is C29H42BNO6. The van der Waals surface area contributed by atoms with E-state index in [2.05, 4.69) is 20.8 Å². The largest absolute Gasteiger partial charge is 0.486 e. The van der Waals surface area contributed by atoms with Crippen molar-refractivity contribution in [2.24, 2.45) is 17.3 Å². The minimum absolute atomic E-state index is 0.0320. The van der Waals surface area contributed by atoms with Gasteiger partial charge in [0.25, 0.3) is 0 Å². The van der Waals surface area contributed by atoms with Gasteiger partial charge in [0.1, 0.15) is 23.0 Å². The Labute approximate surface area is 221 Å². The Morgan fingerprint density at radius 2 is 1.86 bits per heavy atom. The number of ether oxygens (including phenoxy) is 2. The van der Waals surface area contributed by atoms with Gasteiger partial charge in [-0.25, -0.2) is 4.79 Å². The second-order valence-corrected chi connectivity index (χ2v) is 13.3. The molecule has 1 aromatic rings. The summed E-state index contributed by atoms with van der Waals surface area (Å²) in [6.45, 7) is 17.1. The monoisotopic (exact) mass is 511 g/mol. The lowest BCUT2D eigenvalue weighted by Gasteiger charge is -2.64. The van der Waals surface area contributed by atoms with Gasteiger partial charge in [0, 0.05) is 6.92 Å². The van der Waals surface area contributed by atoms with Crippen molar-refractivity contribution in [3.05, 3.63) is 28.8 Å². The van der Waals surface area contributed by atoms with Crippen molar-refractivity contribution >= 4 is 19.0 Å². The van der Waals surface area contributed by atoms with Gasteiger partial charge in [-0.15, -0.1) is 0 Å². The molecule has 37 heavy (non-hydrogen) atoms. The van der Waals surface area contributed by atoms with Crippen LogP contribution in [0.1, 0.15) is 82.8 Å². The van der Waals surface area contributed by atoms with Gasteiger partial charge in [-0.2, -0.15) is 0 Å². The highest BCUT2D eigenvalue weighted by Gasteiger charge is 2.67. The minimum atomic E-state index is -0.621. The molecule has 0 unspecified atom stereocenters.